The van der Waals surface area contributed by atoms with E-state index in [0.29, 0.717) is 0 Å². The second-order valence-corrected chi connectivity index (χ2v) is 3.95. The van der Waals surface area contributed by atoms with Gasteiger partial charge in [0, 0.05) is 11.1 Å². The third-order valence-corrected chi connectivity index (χ3v) is 2.35. The fourth-order valence-corrected chi connectivity index (χ4v) is 1.37. The first-order chi connectivity index (χ1) is 8.95. The summed E-state index contributed by atoms with van der Waals surface area (Å²) in [6.07, 6.45) is 0. The van der Waals surface area contributed by atoms with Crippen LogP contribution in [0.5, 0.6) is 0 Å². The van der Waals surface area contributed by atoms with E-state index in [9.17, 15) is 14.9 Å². The van der Waals surface area contributed by atoms with Crippen LogP contribution >= 0.6 is 23.2 Å². The van der Waals surface area contributed by atoms with Gasteiger partial charge in [0.2, 0.25) is 5.17 Å². The van der Waals surface area contributed by atoms with Gasteiger partial charge in [0.15, 0.2) is 0 Å². The number of benzene rings is 1. The van der Waals surface area contributed by atoms with Crippen molar-refractivity contribution in [2.75, 3.05) is 12.0 Å². The minimum atomic E-state index is -0.832. The molecule has 0 unspecified atom stereocenters. The predicted octanol–water partition coefficient (Wildman–Crippen LogP) is 2.78. The first-order valence-electron chi connectivity index (χ1n) is 5.06. The van der Waals surface area contributed by atoms with E-state index in [1.165, 1.54) is 18.2 Å². The van der Waals surface area contributed by atoms with E-state index in [-0.39, 0.29) is 23.0 Å². The average Bonchev–Trinajstić information content (AvgIpc) is 2.35. The lowest BCUT2D eigenvalue weighted by atomic mass is 10.3. The third-order valence-electron chi connectivity index (χ3n) is 1.87. The maximum Gasteiger partial charge on any atom is 0.370 e. The van der Waals surface area contributed by atoms with Crippen molar-refractivity contribution in [1.82, 2.24) is 0 Å². The van der Waals surface area contributed by atoms with Crippen LogP contribution < -0.4 is 5.43 Å². The SMILES string of the molecule is CCOC(=O)/C(Cl)=N\Nc1cc(Cl)ccc1[N+](=O)[O-]. The molecule has 0 saturated carbocycles. The van der Waals surface area contributed by atoms with Crippen LogP contribution in [-0.2, 0) is 9.53 Å². The second-order valence-electron chi connectivity index (χ2n) is 3.15. The Morgan fingerprint density at radius 3 is 2.84 bits per heavy atom. The van der Waals surface area contributed by atoms with Crippen molar-refractivity contribution in [2.24, 2.45) is 5.10 Å². The third kappa shape index (κ3) is 4.38. The molecule has 0 amide bonds. The fraction of sp³-hybridized carbons (Fsp3) is 0.200. The standard InChI is InChI=1S/C10H9Cl2N3O4/c1-2-19-10(16)9(12)14-13-7-5-6(11)3-4-8(7)15(17)18/h3-5,13H,2H2,1H3/b14-9+. The van der Waals surface area contributed by atoms with Crippen LogP contribution in [0.4, 0.5) is 11.4 Å². The first-order valence-corrected chi connectivity index (χ1v) is 5.81. The minimum absolute atomic E-state index is 0.0138. The number of nitro groups is 1. The van der Waals surface area contributed by atoms with Crippen molar-refractivity contribution < 1.29 is 14.5 Å². The maximum absolute atomic E-state index is 11.2. The molecule has 0 fully saturated rings. The van der Waals surface area contributed by atoms with Gasteiger partial charge < -0.3 is 4.74 Å². The molecule has 9 heteroatoms. The summed E-state index contributed by atoms with van der Waals surface area (Å²) in [6, 6.07) is 3.86. The molecule has 0 aliphatic carbocycles. The molecule has 0 radical (unpaired) electrons. The summed E-state index contributed by atoms with van der Waals surface area (Å²) >= 11 is 11.3. The van der Waals surface area contributed by atoms with E-state index in [4.69, 9.17) is 23.2 Å². The van der Waals surface area contributed by atoms with Gasteiger partial charge in [-0.2, -0.15) is 5.10 Å². The number of carbonyl (C=O) groups is 1. The molecule has 0 heterocycles. The van der Waals surface area contributed by atoms with Gasteiger partial charge in [0.05, 0.1) is 11.5 Å². The number of hydrogen-bond acceptors (Lipinski definition) is 6. The largest absolute Gasteiger partial charge is 0.461 e. The van der Waals surface area contributed by atoms with Crippen molar-refractivity contribution in [2.45, 2.75) is 6.92 Å². The molecular formula is C10H9Cl2N3O4. The van der Waals surface area contributed by atoms with Gasteiger partial charge in [-0.05, 0) is 19.1 Å². The Bertz CT molecular complexity index is 534. The van der Waals surface area contributed by atoms with Crippen LogP contribution in [0, 0.1) is 10.1 Å². The fourth-order valence-electron chi connectivity index (χ4n) is 1.10. The highest BCUT2D eigenvalue weighted by Crippen LogP contribution is 2.27. The first kappa shape index (κ1) is 15.2. The van der Waals surface area contributed by atoms with E-state index in [1.807, 2.05) is 0 Å². The van der Waals surface area contributed by atoms with Crippen molar-refractivity contribution in [3.63, 3.8) is 0 Å². The number of nitro benzene ring substituents is 1. The Morgan fingerprint density at radius 2 is 2.26 bits per heavy atom. The lowest BCUT2D eigenvalue weighted by Crippen LogP contribution is -2.13. The number of hydrazone groups is 1. The van der Waals surface area contributed by atoms with Gasteiger partial charge in [-0.1, -0.05) is 23.2 Å². The molecule has 0 bridgehead atoms. The molecule has 102 valence electrons. The Kier molecular flexibility index (Phi) is 5.53. The lowest BCUT2D eigenvalue weighted by molar-refractivity contribution is -0.384. The Balaban J connectivity index is 2.93. The van der Waals surface area contributed by atoms with Crippen molar-refractivity contribution >= 4 is 45.7 Å². The number of anilines is 1. The zero-order valence-corrected chi connectivity index (χ0v) is 11.2. The molecule has 19 heavy (non-hydrogen) atoms. The molecule has 1 N–H and O–H groups in total. The quantitative estimate of drug-likeness (QED) is 0.391. The molecule has 0 spiro atoms. The van der Waals surface area contributed by atoms with Gasteiger partial charge in [-0.3, -0.25) is 15.5 Å². The topological polar surface area (TPSA) is 93.8 Å². The summed E-state index contributed by atoms with van der Waals surface area (Å²) in [5.74, 6) is -0.832. The van der Waals surface area contributed by atoms with Gasteiger partial charge in [0.1, 0.15) is 5.69 Å². The van der Waals surface area contributed by atoms with Crippen LogP contribution in [0.25, 0.3) is 0 Å². The molecule has 0 atom stereocenters. The number of hydrogen-bond donors (Lipinski definition) is 1. The summed E-state index contributed by atoms with van der Waals surface area (Å²) in [4.78, 5) is 21.3. The molecular weight excluding hydrogens is 297 g/mol. The van der Waals surface area contributed by atoms with Crippen LogP contribution in [0.2, 0.25) is 5.02 Å². The number of nitrogens with zero attached hydrogens (tertiary/aromatic N) is 2. The minimum Gasteiger partial charge on any atom is -0.461 e. The summed E-state index contributed by atoms with van der Waals surface area (Å²) < 4.78 is 4.59. The Labute approximate surface area is 118 Å². The molecule has 0 aliphatic heterocycles. The molecule has 0 saturated heterocycles. The maximum atomic E-state index is 11.2. The van der Waals surface area contributed by atoms with E-state index in [1.54, 1.807) is 6.92 Å². The highest BCUT2D eigenvalue weighted by molar-refractivity contribution is 6.82. The number of carbonyl (C=O) groups excluding carboxylic acids is 1. The summed E-state index contributed by atoms with van der Waals surface area (Å²) in [5, 5.41) is 14.1. The monoisotopic (exact) mass is 305 g/mol. The van der Waals surface area contributed by atoms with E-state index in [0.717, 1.165) is 0 Å². The Morgan fingerprint density at radius 1 is 1.58 bits per heavy atom. The smallest absolute Gasteiger partial charge is 0.370 e. The van der Waals surface area contributed by atoms with Crippen molar-refractivity contribution in [3.8, 4) is 0 Å². The lowest BCUT2D eigenvalue weighted by Gasteiger charge is -2.03. The number of halogens is 2. The van der Waals surface area contributed by atoms with Gasteiger partial charge >= 0.3 is 5.97 Å². The number of nitrogens with one attached hydrogen (secondary N) is 1. The van der Waals surface area contributed by atoms with Gasteiger partial charge in [0.25, 0.3) is 5.69 Å². The number of esters is 1. The van der Waals surface area contributed by atoms with Crippen LogP contribution in [-0.4, -0.2) is 22.7 Å². The van der Waals surface area contributed by atoms with Crippen LogP contribution in [0.15, 0.2) is 23.3 Å². The van der Waals surface area contributed by atoms with Crippen LogP contribution in [0.3, 0.4) is 0 Å². The molecule has 7 nitrogen and oxygen atoms in total. The normalized spacial score (nSPS) is 11.0. The van der Waals surface area contributed by atoms with E-state index < -0.39 is 16.1 Å². The summed E-state index contributed by atoms with van der Waals surface area (Å²) in [7, 11) is 0. The molecule has 0 aromatic heterocycles. The zero-order valence-electron chi connectivity index (χ0n) is 9.72. The van der Waals surface area contributed by atoms with Crippen molar-refractivity contribution in [1.29, 1.82) is 0 Å². The molecule has 1 aromatic rings. The highest BCUT2D eigenvalue weighted by atomic mass is 35.5. The summed E-state index contributed by atoms with van der Waals surface area (Å²) in [6.45, 7) is 1.75. The van der Waals surface area contributed by atoms with E-state index >= 15 is 0 Å². The highest BCUT2D eigenvalue weighted by Gasteiger charge is 2.15. The number of rotatable bonds is 5. The second kappa shape index (κ2) is 6.91. The average molecular weight is 306 g/mol. The Hall–Kier alpha value is -1.86. The number of ether oxygens (including phenoxy) is 1. The predicted molar refractivity (Wildman–Crippen MR) is 71.7 cm³/mol. The zero-order chi connectivity index (χ0) is 14.4. The molecule has 0 aliphatic rings. The molecule has 1 rings (SSSR count). The summed E-state index contributed by atoms with van der Waals surface area (Å²) in [5.41, 5.74) is 2.07. The van der Waals surface area contributed by atoms with Crippen molar-refractivity contribution in [3.05, 3.63) is 33.3 Å². The van der Waals surface area contributed by atoms with Gasteiger partial charge in [-0.15, -0.1) is 0 Å². The van der Waals surface area contributed by atoms with Crippen LogP contribution in [0.1, 0.15) is 6.92 Å². The van der Waals surface area contributed by atoms with Gasteiger partial charge in [-0.25, -0.2) is 4.79 Å². The van der Waals surface area contributed by atoms with E-state index in [2.05, 4.69) is 15.3 Å². The molecule has 1 aromatic carbocycles.